The molecule has 5 heteroatoms. The molecule has 0 bridgehead atoms. The van der Waals surface area contributed by atoms with E-state index < -0.39 is 0 Å². The molecule has 2 rings (SSSR count). The van der Waals surface area contributed by atoms with Gasteiger partial charge in [0.15, 0.2) is 0 Å². The maximum absolute atomic E-state index is 11.4. The van der Waals surface area contributed by atoms with Crippen LogP contribution in [0.5, 0.6) is 0 Å². The highest BCUT2D eigenvalue weighted by atomic mass is 32.1. The van der Waals surface area contributed by atoms with Gasteiger partial charge in [0.25, 0.3) is 0 Å². The average Bonchev–Trinajstić information content (AvgIpc) is 2.95. The minimum absolute atomic E-state index is 0.204. The van der Waals surface area contributed by atoms with Gasteiger partial charge < -0.3 is 11.5 Å². The Hall–Kier alpha value is -1.35. The normalized spacial score (nSPS) is 23.1. The summed E-state index contributed by atoms with van der Waals surface area (Å²) < 4.78 is 0. The van der Waals surface area contributed by atoms with E-state index in [0.29, 0.717) is 6.54 Å². The molecule has 4 nitrogen and oxygen atoms in total. The van der Waals surface area contributed by atoms with Crippen LogP contribution in [0.1, 0.15) is 23.8 Å². The summed E-state index contributed by atoms with van der Waals surface area (Å²) in [6, 6.07) is 2.02. The molecule has 0 aliphatic carbocycles. The van der Waals surface area contributed by atoms with Crippen molar-refractivity contribution in [3.8, 4) is 11.8 Å². The Morgan fingerprint density at radius 2 is 2.42 bits per heavy atom. The molecule has 0 saturated carbocycles. The van der Waals surface area contributed by atoms with Crippen molar-refractivity contribution in [2.24, 2.45) is 16.9 Å². The zero-order valence-corrected chi connectivity index (χ0v) is 11.9. The van der Waals surface area contributed by atoms with E-state index >= 15 is 0 Å². The van der Waals surface area contributed by atoms with Gasteiger partial charge in [-0.15, -0.1) is 11.3 Å². The number of amides is 1. The Morgan fingerprint density at radius 3 is 3.05 bits per heavy atom. The number of primary amides is 1. The monoisotopic (exact) mass is 277 g/mol. The fourth-order valence-electron chi connectivity index (χ4n) is 2.32. The molecule has 1 amide bonds. The molecule has 1 saturated heterocycles. The van der Waals surface area contributed by atoms with Crippen molar-refractivity contribution in [3.05, 3.63) is 21.9 Å². The topological polar surface area (TPSA) is 72.4 Å². The van der Waals surface area contributed by atoms with Gasteiger partial charge in [-0.3, -0.25) is 9.69 Å². The minimum Gasteiger partial charge on any atom is -0.369 e. The minimum atomic E-state index is -0.389. The van der Waals surface area contributed by atoms with E-state index in [2.05, 4.69) is 16.7 Å². The molecule has 1 atom stereocenters. The Morgan fingerprint density at radius 1 is 1.63 bits per heavy atom. The highest BCUT2D eigenvalue weighted by molar-refractivity contribution is 7.10. The van der Waals surface area contributed by atoms with E-state index in [9.17, 15) is 4.79 Å². The van der Waals surface area contributed by atoms with Crippen LogP contribution in [0.15, 0.2) is 11.4 Å². The number of hydrogen-bond acceptors (Lipinski definition) is 4. The first-order chi connectivity index (χ1) is 9.05. The van der Waals surface area contributed by atoms with Crippen molar-refractivity contribution in [2.75, 3.05) is 19.6 Å². The van der Waals surface area contributed by atoms with Gasteiger partial charge in [0.05, 0.1) is 12.0 Å². The predicted octanol–water partition coefficient (Wildman–Crippen LogP) is 0.756. The number of carbonyl (C=O) groups excluding carboxylic acids is 1. The van der Waals surface area contributed by atoms with Crippen LogP contribution >= 0.6 is 11.3 Å². The first kappa shape index (κ1) is 14.1. The van der Waals surface area contributed by atoms with Gasteiger partial charge in [0.2, 0.25) is 5.91 Å². The maximum Gasteiger partial charge on any atom is 0.224 e. The van der Waals surface area contributed by atoms with Crippen LogP contribution in [0.25, 0.3) is 0 Å². The number of likely N-dealkylation sites (tertiary alicyclic amines) is 1. The zero-order valence-electron chi connectivity index (χ0n) is 11.1. The molecule has 4 N–H and O–H groups in total. The third-order valence-corrected chi connectivity index (χ3v) is 4.49. The average molecular weight is 277 g/mol. The summed E-state index contributed by atoms with van der Waals surface area (Å²) in [6.45, 7) is 4.78. The van der Waals surface area contributed by atoms with E-state index in [4.69, 9.17) is 11.5 Å². The second-order valence-corrected chi connectivity index (χ2v) is 6.15. The van der Waals surface area contributed by atoms with E-state index in [1.54, 1.807) is 11.3 Å². The summed E-state index contributed by atoms with van der Waals surface area (Å²) in [4.78, 5) is 14.9. The Bertz CT molecular complexity index is 528. The smallest absolute Gasteiger partial charge is 0.224 e. The van der Waals surface area contributed by atoms with Gasteiger partial charge in [0, 0.05) is 23.5 Å². The maximum atomic E-state index is 11.4. The second-order valence-electron chi connectivity index (χ2n) is 5.15. The molecule has 19 heavy (non-hydrogen) atoms. The van der Waals surface area contributed by atoms with E-state index in [1.165, 1.54) is 4.88 Å². The molecular formula is C14H19N3OS. The molecule has 1 fully saturated rings. The molecular weight excluding hydrogens is 258 g/mol. The fraction of sp³-hybridized carbons (Fsp3) is 0.500. The summed E-state index contributed by atoms with van der Waals surface area (Å²) in [5.41, 5.74) is 11.5. The van der Waals surface area contributed by atoms with Crippen LogP contribution in [0.4, 0.5) is 0 Å². The van der Waals surface area contributed by atoms with Crippen LogP contribution < -0.4 is 11.5 Å². The van der Waals surface area contributed by atoms with Gasteiger partial charge >= 0.3 is 0 Å². The summed E-state index contributed by atoms with van der Waals surface area (Å²) in [7, 11) is 0. The molecule has 1 unspecified atom stereocenters. The summed E-state index contributed by atoms with van der Waals surface area (Å²) in [5.74, 6) is 5.77. The number of nitrogens with zero attached hydrogens (tertiary/aromatic N) is 1. The first-order valence-electron chi connectivity index (χ1n) is 6.33. The Kier molecular flexibility index (Phi) is 4.25. The lowest BCUT2D eigenvalue weighted by atomic mass is 9.89. The molecule has 1 aromatic rings. The highest BCUT2D eigenvalue weighted by Crippen LogP contribution is 2.31. The van der Waals surface area contributed by atoms with E-state index in [1.807, 2.05) is 18.4 Å². The Labute approximate surface area is 117 Å². The Balaban J connectivity index is 2.04. The van der Waals surface area contributed by atoms with Crippen molar-refractivity contribution in [2.45, 2.75) is 19.9 Å². The predicted molar refractivity (Wildman–Crippen MR) is 77.4 cm³/mol. The van der Waals surface area contributed by atoms with Crippen LogP contribution in [0, 0.1) is 17.3 Å². The number of thiophene rings is 1. The van der Waals surface area contributed by atoms with Gasteiger partial charge in [-0.1, -0.05) is 11.8 Å². The third kappa shape index (κ3) is 3.16. The molecule has 1 aromatic heterocycles. The number of nitrogens with two attached hydrogens (primary N) is 2. The van der Waals surface area contributed by atoms with Crippen LogP contribution in [0.3, 0.4) is 0 Å². The van der Waals surface area contributed by atoms with Crippen LogP contribution in [-0.2, 0) is 11.3 Å². The quantitative estimate of drug-likeness (QED) is 0.801. The van der Waals surface area contributed by atoms with Crippen molar-refractivity contribution >= 4 is 17.2 Å². The van der Waals surface area contributed by atoms with Crippen molar-refractivity contribution in [1.82, 2.24) is 4.90 Å². The van der Waals surface area contributed by atoms with Gasteiger partial charge in [-0.05, 0) is 31.3 Å². The molecule has 2 heterocycles. The van der Waals surface area contributed by atoms with Crippen LogP contribution in [-0.4, -0.2) is 30.4 Å². The molecule has 0 spiro atoms. The number of carbonyl (C=O) groups is 1. The van der Waals surface area contributed by atoms with E-state index in [-0.39, 0.29) is 11.3 Å². The zero-order chi connectivity index (χ0) is 13.9. The van der Waals surface area contributed by atoms with Crippen molar-refractivity contribution < 1.29 is 4.79 Å². The van der Waals surface area contributed by atoms with Crippen LogP contribution in [0.2, 0.25) is 0 Å². The largest absolute Gasteiger partial charge is 0.369 e. The number of hydrogen-bond donors (Lipinski definition) is 2. The highest BCUT2D eigenvalue weighted by Gasteiger charge is 2.38. The lowest BCUT2D eigenvalue weighted by molar-refractivity contribution is -0.126. The molecule has 0 aromatic carbocycles. The molecule has 1 aliphatic rings. The molecule has 1 aliphatic heterocycles. The van der Waals surface area contributed by atoms with Gasteiger partial charge in [-0.25, -0.2) is 0 Å². The molecule has 102 valence electrons. The van der Waals surface area contributed by atoms with Crippen molar-refractivity contribution in [3.63, 3.8) is 0 Å². The standard InChI is InChI=1S/C14H19N3OS/c1-14(13(16)18)5-7-17(10-14)9-12-11(3-2-6-15)4-8-19-12/h4,8H,5-7,9-10,15H2,1H3,(H2,16,18). The van der Waals surface area contributed by atoms with Gasteiger partial charge in [0.1, 0.15) is 0 Å². The van der Waals surface area contributed by atoms with E-state index in [0.717, 1.165) is 31.6 Å². The third-order valence-electron chi connectivity index (χ3n) is 3.58. The van der Waals surface area contributed by atoms with Gasteiger partial charge in [-0.2, -0.15) is 0 Å². The fourth-order valence-corrected chi connectivity index (χ4v) is 3.19. The molecule has 0 radical (unpaired) electrons. The lowest BCUT2D eigenvalue weighted by Gasteiger charge is -2.20. The van der Waals surface area contributed by atoms with Crippen molar-refractivity contribution in [1.29, 1.82) is 0 Å². The number of rotatable bonds is 3. The first-order valence-corrected chi connectivity index (χ1v) is 7.21. The summed E-state index contributed by atoms with van der Waals surface area (Å²) in [5, 5.41) is 2.04. The summed E-state index contributed by atoms with van der Waals surface area (Å²) >= 11 is 1.69. The SMILES string of the molecule is CC1(C(N)=O)CCN(Cc2sccc2C#CCN)C1. The second kappa shape index (κ2) is 5.74. The lowest BCUT2D eigenvalue weighted by Crippen LogP contribution is -2.36. The summed E-state index contributed by atoms with van der Waals surface area (Å²) in [6.07, 6.45) is 0.831.